The molecule has 2 N–H and O–H groups in total. The highest BCUT2D eigenvalue weighted by Crippen LogP contribution is 2.16. The van der Waals surface area contributed by atoms with Gasteiger partial charge in [0.2, 0.25) is 0 Å². The molecule has 0 fully saturated rings. The summed E-state index contributed by atoms with van der Waals surface area (Å²) in [5.41, 5.74) is 1.29. The summed E-state index contributed by atoms with van der Waals surface area (Å²) in [6.45, 7) is 8.05. The first-order valence-corrected chi connectivity index (χ1v) is 8.12. The quantitative estimate of drug-likeness (QED) is 0.695. The smallest absolute Gasteiger partial charge is 0.115 e. The van der Waals surface area contributed by atoms with Crippen LogP contribution in [0.2, 0.25) is 0 Å². The Morgan fingerprint density at radius 1 is 1.14 bits per heavy atom. The van der Waals surface area contributed by atoms with Gasteiger partial charge in [0, 0.05) is 13.1 Å². The molecule has 21 heavy (non-hydrogen) atoms. The van der Waals surface area contributed by atoms with Crippen LogP contribution in [0.3, 0.4) is 0 Å². The van der Waals surface area contributed by atoms with Gasteiger partial charge in [0.05, 0.1) is 0 Å². The minimum absolute atomic E-state index is 0.344. The van der Waals surface area contributed by atoms with E-state index in [1.165, 1.54) is 18.4 Å². The van der Waals surface area contributed by atoms with E-state index in [1.807, 2.05) is 19.2 Å². The molecule has 0 radical (unpaired) electrons. The Hall–Kier alpha value is -1.06. The molecule has 0 aromatic heterocycles. The van der Waals surface area contributed by atoms with Gasteiger partial charge in [0.25, 0.3) is 0 Å². The molecular weight excluding hydrogens is 260 g/mol. The van der Waals surface area contributed by atoms with Crippen LogP contribution < -0.4 is 5.32 Å². The van der Waals surface area contributed by atoms with E-state index < -0.39 is 0 Å². The zero-order valence-corrected chi connectivity index (χ0v) is 14.1. The molecule has 2 atom stereocenters. The van der Waals surface area contributed by atoms with Crippen LogP contribution in [0.5, 0.6) is 5.75 Å². The molecule has 0 heterocycles. The lowest BCUT2D eigenvalue weighted by Crippen LogP contribution is -2.27. The first kappa shape index (κ1) is 18.0. The van der Waals surface area contributed by atoms with E-state index in [1.54, 1.807) is 12.1 Å². The summed E-state index contributed by atoms with van der Waals surface area (Å²) >= 11 is 0. The van der Waals surface area contributed by atoms with E-state index in [4.69, 9.17) is 0 Å². The Balaban J connectivity index is 2.23. The van der Waals surface area contributed by atoms with Gasteiger partial charge < -0.3 is 15.3 Å². The van der Waals surface area contributed by atoms with Crippen molar-refractivity contribution in [2.75, 3.05) is 33.7 Å². The lowest BCUT2D eigenvalue weighted by atomic mass is 9.94. The molecule has 0 spiro atoms. The average molecular weight is 292 g/mol. The van der Waals surface area contributed by atoms with Gasteiger partial charge in [0.1, 0.15) is 5.75 Å². The third-order valence-corrected chi connectivity index (χ3v) is 4.03. The zero-order valence-electron chi connectivity index (χ0n) is 14.1. The standard InChI is InChI=1S/C18H32N2O/c1-15(9-11-19-3)13-16(2)14-20(4)12-10-17-5-7-18(21)8-6-17/h5-8,15-16,19,21H,9-14H2,1-4H3. The van der Waals surface area contributed by atoms with E-state index in [2.05, 4.69) is 31.1 Å². The monoisotopic (exact) mass is 292 g/mol. The molecule has 0 amide bonds. The molecule has 0 aliphatic rings. The summed E-state index contributed by atoms with van der Waals surface area (Å²) in [4.78, 5) is 2.42. The number of nitrogens with one attached hydrogen (secondary N) is 1. The van der Waals surface area contributed by atoms with E-state index >= 15 is 0 Å². The molecule has 0 saturated carbocycles. The summed E-state index contributed by atoms with van der Waals surface area (Å²) < 4.78 is 0. The van der Waals surface area contributed by atoms with Gasteiger partial charge in [-0.1, -0.05) is 26.0 Å². The van der Waals surface area contributed by atoms with Gasteiger partial charge in [-0.05, 0) is 69.4 Å². The normalized spacial score (nSPS) is 14.3. The highest BCUT2D eigenvalue weighted by molar-refractivity contribution is 5.25. The summed E-state index contributed by atoms with van der Waals surface area (Å²) in [6.07, 6.45) is 3.60. The Kier molecular flexibility index (Phi) is 8.40. The summed E-state index contributed by atoms with van der Waals surface area (Å²) in [6, 6.07) is 7.54. The molecule has 1 rings (SSSR count). The average Bonchev–Trinajstić information content (AvgIpc) is 2.44. The molecule has 1 aromatic carbocycles. The first-order chi connectivity index (χ1) is 10.0. The van der Waals surface area contributed by atoms with Crippen LogP contribution in [-0.4, -0.2) is 43.7 Å². The van der Waals surface area contributed by atoms with Crippen molar-refractivity contribution in [3.05, 3.63) is 29.8 Å². The van der Waals surface area contributed by atoms with Gasteiger partial charge in [-0.3, -0.25) is 0 Å². The van der Waals surface area contributed by atoms with Gasteiger partial charge in [-0.15, -0.1) is 0 Å². The second-order valence-corrected chi connectivity index (χ2v) is 6.52. The fraction of sp³-hybridized carbons (Fsp3) is 0.667. The maximum atomic E-state index is 9.28. The molecule has 1 aromatic rings. The molecule has 0 saturated heterocycles. The van der Waals surface area contributed by atoms with Crippen molar-refractivity contribution in [3.63, 3.8) is 0 Å². The Morgan fingerprint density at radius 2 is 1.81 bits per heavy atom. The SMILES string of the molecule is CNCCC(C)CC(C)CN(C)CCc1ccc(O)cc1. The number of nitrogens with zero attached hydrogens (tertiary/aromatic N) is 1. The van der Waals surface area contributed by atoms with Crippen LogP contribution in [0, 0.1) is 11.8 Å². The first-order valence-electron chi connectivity index (χ1n) is 8.12. The summed E-state index contributed by atoms with van der Waals surface area (Å²) in [7, 11) is 4.22. The van der Waals surface area contributed by atoms with E-state index in [9.17, 15) is 5.11 Å². The maximum absolute atomic E-state index is 9.28. The highest BCUT2D eigenvalue weighted by Gasteiger charge is 2.11. The van der Waals surface area contributed by atoms with Crippen molar-refractivity contribution in [3.8, 4) is 5.75 Å². The number of hydrogen-bond acceptors (Lipinski definition) is 3. The molecule has 3 heteroatoms. The minimum Gasteiger partial charge on any atom is -0.508 e. The van der Waals surface area contributed by atoms with E-state index in [-0.39, 0.29) is 0 Å². The Bertz CT molecular complexity index is 377. The number of rotatable bonds is 10. The summed E-state index contributed by atoms with van der Waals surface area (Å²) in [5, 5.41) is 12.5. The van der Waals surface area contributed by atoms with Crippen molar-refractivity contribution in [2.45, 2.75) is 33.1 Å². The van der Waals surface area contributed by atoms with Gasteiger partial charge in [0.15, 0.2) is 0 Å². The number of likely N-dealkylation sites (N-methyl/N-ethyl adjacent to an activating group) is 1. The van der Waals surface area contributed by atoms with E-state index in [0.29, 0.717) is 5.75 Å². The molecule has 3 nitrogen and oxygen atoms in total. The molecular formula is C18H32N2O. The molecule has 0 aliphatic heterocycles. The fourth-order valence-electron chi connectivity index (χ4n) is 2.88. The fourth-order valence-corrected chi connectivity index (χ4v) is 2.88. The van der Waals surface area contributed by atoms with Crippen molar-refractivity contribution >= 4 is 0 Å². The van der Waals surface area contributed by atoms with Crippen LogP contribution in [0.25, 0.3) is 0 Å². The van der Waals surface area contributed by atoms with Crippen LogP contribution in [-0.2, 0) is 6.42 Å². The lowest BCUT2D eigenvalue weighted by molar-refractivity contribution is 0.259. The van der Waals surface area contributed by atoms with Gasteiger partial charge in [-0.25, -0.2) is 0 Å². The van der Waals surface area contributed by atoms with Crippen LogP contribution in [0.1, 0.15) is 32.3 Å². The molecule has 0 bridgehead atoms. The number of phenolic OH excluding ortho intramolecular Hbond substituents is 1. The third kappa shape index (κ3) is 8.08. The second-order valence-electron chi connectivity index (χ2n) is 6.52. The predicted octanol–water partition coefficient (Wildman–Crippen LogP) is 3.14. The number of aromatic hydroxyl groups is 1. The van der Waals surface area contributed by atoms with Crippen LogP contribution in [0.15, 0.2) is 24.3 Å². The van der Waals surface area contributed by atoms with E-state index in [0.717, 1.165) is 37.9 Å². The second kappa shape index (κ2) is 9.80. The van der Waals surface area contributed by atoms with Crippen LogP contribution >= 0.6 is 0 Å². The number of hydrogen-bond donors (Lipinski definition) is 2. The molecule has 120 valence electrons. The topological polar surface area (TPSA) is 35.5 Å². The van der Waals surface area contributed by atoms with Crippen molar-refractivity contribution in [2.24, 2.45) is 11.8 Å². The van der Waals surface area contributed by atoms with Crippen molar-refractivity contribution in [1.29, 1.82) is 0 Å². The van der Waals surface area contributed by atoms with Crippen LogP contribution in [0.4, 0.5) is 0 Å². The highest BCUT2D eigenvalue weighted by atomic mass is 16.3. The number of benzene rings is 1. The Morgan fingerprint density at radius 3 is 2.43 bits per heavy atom. The lowest BCUT2D eigenvalue weighted by Gasteiger charge is -2.23. The van der Waals surface area contributed by atoms with Gasteiger partial charge in [-0.2, -0.15) is 0 Å². The maximum Gasteiger partial charge on any atom is 0.115 e. The third-order valence-electron chi connectivity index (χ3n) is 4.03. The molecule has 2 unspecified atom stereocenters. The summed E-state index contributed by atoms with van der Waals surface area (Å²) in [5.74, 6) is 1.87. The Labute approximate surface area is 130 Å². The molecule has 0 aliphatic carbocycles. The predicted molar refractivity (Wildman–Crippen MR) is 90.8 cm³/mol. The van der Waals surface area contributed by atoms with Crippen molar-refractivity contribution < 1.29 is 5.11 Å². The largest absolute Gasteiger partial charge is 0.508 e. The minimum atomic E-state index is 0.344. The van der Waals surface area contributed by atoms with Gasteiger partial charge >= 0.3 is 0 Å². The zero-order chi connectivity index (χ0) is 15.7. The number of phenols is 1. The van der Waals surface area contributed by atoms with Crippen molar-refractivity contribution in [1.82, 2.24) is 10.2 Å².